The van der Waals surface area contributed by atoms with Gasteiger partial charge in [-0.2, -0.15) is 5.26 Å². The van der Waals surface area contributed by atoms with Gasteiger partial charge in [0.2, 0.25) is 5.82 Å². The van der Waals surface area contributed by atoms with E-state index in [1.165, 1.54) is 5.56 Å². The molecule has 0 bridgehead atoms. The van der Waals surface area contributed by atoms with Crippen molar-refractivity contribution >= 4 is 0 Å². The zero-order valence-electron chi connectivity index (χ0n) is 11.3. The number of hydrogen-bond acceptors (Lipinski definition) is 3. The lowest BCUT2D eigenvalue weighted by molar-refractivity contribution is 0.570. The van der Waals surface area contributed by atoms with E-state index in [1.54, 1.807) is 17.0 Å². The zero-order valence-corrected chi connectivity index (χ0v) is 11.3. The van der Waals surface area contributed by atoms with Crippen LogP contribution in [0.3, 0.4) is 0 Å². The molecule has 1 N–H and O–H groups in total. The molecule has 0 fully saturated rings. The number of benzene rings is 1. The van der Waals surface area contributed by atoms with Gasteiger partial charge < -0.3 is 5.32 Å². The summed E-state index contributed by atoms with van der Waals surface area (Å²) in [4.78, 5) is 4.00. The average molecular weight is 254 g/mol. The molecule has 19 heavy (non-hydrogen) atoms. The normalized spacial score (nSPS) is 12.1. The highest BCUT2D eigenvalue weighted by Crippen LogP contribution is 2.16. The molecule has 2 aromatic rings. The number of nitriles is 1. The summed E-state index contributed by atoms with van der Waals surface area (Å²) in [5, 5.41) is 12.4. The number of nitrogens with one attached hydrogen (secondary N) is 1. The maximum absolute atomic E-state index is 8.97. The van der Waals surface area contributed by atoms with Crippen LogP contribution in [-0.2, 0) is 0 Å². The van der Waals surface area contributed by atoms with Gasteiger partial charge in [0, 0.05) is 24.1 Å². The first-order valence-electron chi connectivity index (χ1n) is 6.53. The second kappa shape index (κ2) is 6.17. The van der Waals surface area contributed by atoms with Crippen LogP contribution in [0.2, 0.25) is 0 Å². The minimum Gasteiger partial charge on any atom is -0.310 e. The minimum absolute atomic E-state index is 0.340. The van der Waals surface area contributed by atoms with Gasteiger partial charge in [0.05, 0.1) is 0 Å². The molecule has 0 aliphatic rings. The third-order valence-corrected chi connectivity index (χ3v) is 3.11. The van der Waals surface area contributed by atoms with Gasteiger partial charge in [0.25, 0.3) is 0 Å². The Morgan fingerprint density at radius 2 is 2.11 bits per heavy atom. The molecule has 4 nitrogen and oxygen atoms in total. The molecule has 0 saturated carbocycles. The average Bonchev–Trinajstić information content (AvgIpc) is 2.93. The highest BCUT2D eigenvalue weighted by Gasteiger charge is 2.06. The lowest BCUT2D eigenvalue weighted by atomic mass is 10.1. The van der Waals surface area contributed by atoms with Crippen molar-refractivity contribution in [2.24, 2.45) is 0 Å². The number of nitrogens with zero attached hydrogens (tertiary/aromatic N) is 3. The van der Waals surface area contributed by atoms with Crippen LogP contribution in [0.1, 0.15) is 37.7 Å². The third-order valence-electron chi connectivity index (χ3n) is 3.11. The van der Waals surface area contributed by atoms with Crippen LogP contribution in [0, 0.1) is 11.3 Å². The van der Waals surface area contributed by atoms with Gasteiger partial charge in [-0.1, -0.05) is 19.1 Å². The summed E-state index contributed by atoms with van der Waals surface area (Å²) in [5.41, 5.74) is 2.20. The van der Waals surface area contributed by atoms with Crippen LogP contribution in [0.4, 0.5) is 0 Å². The van der Waals surface area contributed by atoms with Crippen molar-refractivity contribution < 1.29 is 0 Å². The SMILES string of the molecule is CCCNC(C)c1ccc(-n2ccnc2C#N)cc1. The highest BCUT2D eigenvalue weighted by atomic mass is 15.1. The fraction of sp³-hybridized carbons (Fsp3) is 0.333. The quantitative estimate of drug-likeness (QED) is 0.892. The summed E-state index contributed by atoms with van der Waals surface area (Å²) in [5.74, 6) is 0.407. The van der Waals surface area contributed by atoms with Gasteiger partial charge in [0.1, 0.15) is 6.07 Å². The molecule has 0 saturated heterocycles. The van der Waals surface area contributed by atoms with Gasteiger partial charge in [0.15, 0.2) is 0 Å². The number of imidazole rings is 1. The first-order valence-corrected chi connectivity index (χ1v) is 6.53. The van der Waals surface area contributed by atoms with Crippen molar-refractivity contribution in [1.82, 2.24) is 14.9 Å². The predicted octanol–water partition coefficient (Wildman–Crippen LogP) is 2.80. The topological polar surface area (TPSA) is 53.6 Å². The van der Waals surface area contributed by atoms with Gasteiger partial charge >= 0.3 is 0 Å². The van der Waals surface area contributed by atoms with E-state index in [0.29, 0.717) is 11.9 Å². The Labute approximate surface area is 113 Å². The summed E-state index contributed by atoms with van der Waals surface area (Å²) in [6, 6.07) is 10.6. The first-order chi connectivity index (χ1) is 9.26. The van der Waals surface area contributed by atoms with Crippen LogP contribution >= 0.6 is 0 Å². The van der Waals surface area contributed by atoms with Crippen molar-refractivity contribution in [2.75, 3.05) is 6.54 Å². The second-order valence-corrected chi connectivity index (χ2v) is 4.50. The maximum Gasteiger partial charge on any atom is 0.217 e. The van der Waals surface area contributed by atoms with E-state index in [-0.39, 0.29) is 0 Å². The Kier molecular flexibility index (Phi) is 4.32. The van der Waals surface area contributed by atoms with Crippen molar-refractivity contribution in [2.45, 2.75) is 26.3 Å². The Morgan fingerprint density at radius 3 is 2.74 bits per heavy atom. The molecule has 0 radical (unpaired) electrons. The molecule has 0 aliphatic heterocycles. The molecule has 2 rings (SSSR count). The Morgan fingerprint density at radius 1 is 1.37 bits per heavy atom. The van der Waals surface area contributed by atoms with Crippen molar-refractivity contribution in [1.29, 1.82) is 5.26 Å². The van der Waals surface area contributed by atoms with E-state index >= 15 is 0 Å². The van der Waals surface area contributed by atoms with Gasteiger partial charge in [-0.25, -0.2) is 4.98 Å². The molecular weight excluding hydrogens is 236 g/mol. The molecule has 4 heteroatoms. The number of aromatic nitrogens is 2. The molecule has 0 spiro atoms. The van der Waals surface area contributed by atoms with Crippen molar-refractivity contribution in [3.05, 3.63) is 48.0 Å². The molecule has 1 aromatic carbocycles. The van der Waals surface area contributed by atoms with E-state index in [9.17, 15) is 0 Å². The van der Waals surface area contributed by atoms with Crippen LogP contribution in [0.5, 0.6) is 0 Å². The lowest BCUT2D eigenvalue weighted by Crippen LogP contribution is -2.19. The summed E-state index contributed by atoms with van der Waals surface area (Å²) < 4.78 is 1.79. The molecule has 98 valence electrons. The largest absolute Gasteiger partial charge is 0.310 e. The molecule has 0 aliphatic carbocycles. The Bertz CT molecular complexity index is 563. The standard InChI is InChI=1S/C15H18N4/c1-3-8-17-12(2)13-4-6-14(7-5-13)19-10-9-18-15(19)11-16/h4-7,9-10,12,17H,3,8H2,1-2H3. The fourth-order valence-electron chi connectivity index (χ4n) is 2.00. The fourth-order valence-corrected chi connectivity index (χ4v) is 2.00. The predicted molar refractivity (Wildman–Crippen MR) is 75.0 cm³/mol. The van der Waals surface area contributed by atoms with Crippen LogP contribution in [-0.4, -0.2) is 16.1 Å². The Hall–Kier alpha value is -2.12. The van der Waals surface area contributed by atoms with Gasteiger partial charge in [-0.15, -0.1) is 0 Å². The van der Waals surface area contributed by atoms with Crippen molar-refractivity contribution in [3.8, 4) is 11.8 Å². The smallest absolute Gasteiger partial charge is 0.217 e. The summed E-state index contributed by atoms with van der Waals surface area (Å²) >= 11 is 0. The van der Waals surface area contributed by atoms with Gasteiger partial charge in [-0.3, -0.25) is 4.57 Å². The van der Waals surface area contributed by atoms with E-state index in [2.05, 4.69) is 42.4 Å². The highest BCUT2D eigenvalue weighted by molar-refractivity contribution is 5.38. The zero-order chi connectivity index (χ0) is 13.7. The Balaban J connectivity index is 2.17. The molecule has 1 aromatic heterocycles. The number of hydrogen-bond donors (Lipinski definition) is 1. The molecule has 1 atom stereocenters. The molecule has 0 amide bonds. The summed E-state index contributed by atoms with van der Waals surface area (Å²) in [6.07, 6.45) is 4.56. The van der Waals surface area contributed by atoms with Crippen molar-refractivity contribution in [3.63, 3.8) is 0 Å². The van der Waals surface area contributed by atoms with E-state index < -0.39 is 0 Å². The van der Waals surface area contributed by atoms with Crippen LogP contribution in [0.25, 0.3) is 5.69 Å². The van der Waals surface area contributed by atoms with E-state index in [1.807, 2.05) is 12.1 Å². The monoisotopic (exact) mass is 254 g/mol. The minimum atomic E-state index is 0.340. The lowest BCUT2D eigenvalue weighted by Gasteiger charge is -2.14. The molecule has 1 heterocycles. The third kappa shape index (κ3) is 3.01. The van der Waals surface area contributed by atoms with E-state index in [0.717, 1.165) is 18.7 Å². The maximum atomic E-state index is 8.97. The van der Waals surface area contributed by atoms with E-state index in [4.69, 9.17) is 5.26 Å². The van der Waals surface area contributed by atoms with Crippen LogP contribution < -0.4 is 5.32 Å². The number of rotatable bonds is 5. The molecule has 1 unspecified atom stereocenters. The molecular formula is C15H18N4. The van der Waals surface area contributed by atoms with Crippen LogP contribution in [0.15, 0.2) is 36.7 Å². The second-order valence-electron chi connectivity index (χ2n) is 4.50. The summed E-state index contributed by atoms with van der Waals surface area (Å²) in [6.45, 7) is 5.33. The first kappa shape index (κ1) is 13.3. The van der Waals surface area contributed by atoms with Gasteiger partial charge in [-0.05, 0) is 37.6 Å². The summed E-state index contributed by atoms with van der Waals surface area (Å²) in [7, 11) is 0.